The van der Waals surface area contributed by atoms with Gasteiger partial charge in [0.25, 0.3) is 0 Å². The van der Waals surface area contributed by atoms with Crippen molar-refractivity contribution in [2.45, 2.75) is 62.8 Å². The zero-order valence-electron chi connectivity index (χ0n) is 19.6. The van der Waals surface area contributed by atoms with E-state index in [0.717, 1.165) is 42.6 Å². The molecule has 33 heavy (non-hydrogen) atoms. The van der Waals surface area contributed by atoms with Crippen LogP contribution in [0.3, 0.4) is 0 Å². The monoisotopic (exact) mass is 471 g/mol. The van der Waals surface area contributed by atoms with Crippen LogP contribution in [0.25, 0.3) is 0 Å². The van der Waals surface area contributed by atoms with Crippen LogP contribution in [0.5, 0.6) is 0 Å². The number of ether oxygens (including phenoxy) is 1. The highest BCUT2D eigenvalue weighted by Gasteiger charge is 2.55. The van der Waals surface area contributed by atoms with Crippen LogP contribution in [0.2, 0.25) is 0 Å². The summed E-state index contributed by atoms with van der Waals surface area (Å²) in [5, 5.41) is 4.39. The van der Waals surface area contributed by atoms with Crippen molar-refractivity contribution in [1.29, 1.82) is 0 Å². The molecule has 2 aromatic rings. The molecule has 7 nitrogen and oxygen atoms in total. The van der Waals surface area contributed by atoms with E-state index in [1.807, 2.05) is 49.4 Å². The number of oxime groups is 1. The SMILES string of the molecule is CCC1COC2(CCCCCN(C)S(=O)(=O)c3ccc(C)cc3)ON=C(c3ccccc3)N12. The van der Waals surface area contributed by atoms with E-state index < -0.39 is 15.9 Å². The molecule has 178 valence electrons. The van der Waals surface area contributed by atoms with Crippen molar-refractivity contribution < 1.29 is 18.0 Å². The van der Waals surface area contributed by atoms with E-state index in [4.69, 9.17) is 9.57 Å². The minimum absolute atomic E-state index is 0.220. The Morgan fingerprint density at radius 3 is 2.52 bits per heavy atom. The van der Waals surface area contributed by atoms with E-state index >= 15 is 0 Å². The van der Waals surface area contributed by atoms with Crippen molar-refractivity contribution in [3.8, 4) is 0 Å². The molecular weight excluding hydrogens is 438 g/mol. The summed E-state index contributed by atoms with van der Waals surface area (Å²) in [4.78, 5) is 8.42. The average Bonchev–Trinajstić information content (AvgIpc) is 3.36. The lowest BCUT2D eigenvalue weighted by Gasteiger charge is -2.32. The minimum atomic E-state index is -3.47. The lowest BCUT2D eigenvalue weighted by atomic mass is 10.1. The van der Waals surface area contributed by atoms with E-state index in [-0.39, 0.29) is 6.04 Å². The molecule has 0 aromatic heterocycles. The third-order valence-corrected chi connectivity index (χ3v) is 8.31. The van der Waals surface area contributed by atoms with Gasteiger partial charge < -0.3 is 9.57 Å². The quantitative estimate of drug-likeness (QED) is 0.482. The van der Waals surface area contributed by atoms with Gasteiger partial charge in [0.2, 0.25) is 10.0 Å². The summed E-state index contributed by atoms with van der Waals surface area (Å²) in [5.74, 6) is -0.0324. The number of amidine groups is 1. The molecule has 2 heterocycles. The fourth-order valence-electron chi connectivity index (χ4n) is 4.40. The summed E-state index contributed by atoms with van der Waals surface area (Å²) in [5.41, 5.74) is 2.06. The molecule has 2 unspecified atom stereocenters. The number of rotatable bonds is 10. The molecule has 0 aliphatic carbocycles. The fourth-order valence-corrected chi connectivity index (χ4v) is 5.61. The van der Waals surface area contributed by atoms with Gasteiger partial charge in [0.15, 0.2) is 5.84 Å². The second kappa shape index (κ2) is 9.83. The summed E-state index contributed by atoms with van der Waals surface area (Å²) in [6.07, 6.45) is 4.11. The van der Waals surface area contributed by atoms with E-state index in [9.17, 15) is 8.42 Å². The molecule has 1 saturated heterocycles. The zero-order chi connectivity index (χ0) is 23.5. The summed E-state index contributed by atoms with van der Waals surface area (Å²) in [6.45, 7) is 5.17. The minimum Gasteiger partial charge on any atom is -0.336 e. The van der Waals surface area contributed by atoms with Crippen LogP contribution in [-0.4, -0.2) is 55.6 Å². The lowest BCUT2D eigenvalue weighted by Crippen LogP contribution is -2.48. The number of aryl methyl sites for hydroxylation is 1. The Hall–Kier alpha value is -2.42. The third kappa shape index (κ3) is 4.78. The maximum absolute atomic E-state index is 12.8. The smallest absolute Gasteiger partial charge is 0.320 e. The molecule has 2 aliphatic rings. The Kier molecular flexibility index (Phi) is 7.07. The van der Waals surface area contributed by atoms with E-state index in [1.165, 1.54) is 4.31 Å². The number of nitrogens with zero attached hydrogens (tertiary/aromatic N) is 3. The number of hydrogen-bond acceptors (Lipinski definition) is 6. The molecule has 2 aromatic carbocycles. The van der Waals surface area contributed by atoms with Gasteiger partial charge in [-0.3, -0.25) is 4.90 Å². The van der Waals surface area contributed by atoms with Crippen molar-refractivity contribution in [3.63, 3.8) is 0 Å². The maximum atomic E-state index is 12.8. The summed E-state index contributed by atoms with van der Waals surface area (Å²) in [7, 11) is -1.82. The van der Waals surface area contributed by atoms with Crippen molar-refractivity contribution in [2.75, 3.05) is 20.2 Å². The predicted molar refractivity (Wildman–Crippen MR) is 128 cm³/mol. The Labute approximate surface area is 197 Å². The van der Waals surface area contributed by atoms with Crippen LogP contribution in [0, 0.1) is 6.92 Å². The highest BCUT2D eigenvalue weighted by Crippen LogP contribution is 2.40. The molecule has 2 atom stereocenters. The van der Waals surface area contributed by atoms with Gasteiger partial charge in [-0.15, -0.1) is 0 Å². The Bertz CT molecular complexity index is 1070. The summed E-state index contributed by atoms with van der Waals surface area (Å²) >= 11 is 0. The number of fused-ring (bicyclic) bond motifs is 1. The summed E-state index contributed by atoms with van der Waals surface area (Å²) < 4.78 is 33.1. The summed E-state index contributed by atoms with van der Waals surface area (Å²) in [6, 6.07) is 17.2. The fraction of sp³-hybridized carbons (Fsp3) is 0.480. The number of unbranched alkanes of at least 4 members (excludes halogenated alkanes) is 2. The molecule has 8 heteroatoms. The molecule has 0 radical (unpaired) electrons. The van der Waals surface area contributed by atoms with E-state index in [1.54, 1.807) is 19.2 Å². The van der Waals surface area contributed by atoms with Gasteiger partial charge in [0, 0.05) is 25.6 Å². The molecule has 0 N–H and O–H groups in total. The molecule has 2 aliphatic heterocycles. The van der Waals surface area contributed by atoms with Crippen molar-refractivity contribution in [2.24, 2.45) is 5.16 Å². The zero-order valence-corrected chi connectivity index (χ0v) is 20.4. The van der Waals surface area contributed by atoms with Crippen LogP contribution in [-0.2, 0) is 19.6 Å². The number of sulfonamides is 1. The first-order valence-corrected chi connectivity index (χ1v) is 13.1. The predicted octanol–water partition coefficient (Wildman–Crippen LogP) is 4.33. The first-order valence-electron chi connectivity index (χ1n) is 11.7. The van der Waals surface area contributed by atoms with Crippen LogP contribution >= 0.6 is 0 Å². The Balaban J connectivity index is 1.32. The normalized spacial score (nSPS) is 22.4. The van der Waals surface area contributed by atoms with Gasteiger partial charge in [-0.25, -0.2) is 12.7 Å². The van der Waals surface area contributed by atoms with Gasteiger partial charge in [0.1, 0.15) is 0 Å². The lowest BCUT2D eigenvalue weighted by molar-refractivity contribution is -0.247. The molecule has 0 amide bonds. The van der Waals surface area contributed by atoms with Crippen LogP contribution in [0.15, 0.2) is 64.6 Å². The van der Waals surface area contributed by atoms with Gasteiger partial charge in [-0.2, -0.15) is 0 Å². The molecular formula is C25H33N3O4S. The first-order chi connectivity index (χ1) is 15.9. The molecule has 0 spiro atoms. The van der Waals surface area contributed by atoms with Gasteiger partial charge in [-0.05, 0) is 38.3 Å². The Morgan fingerprint density at radius 2 is 1.82 bits per heavy atom. The van der Waals surface area contributed by atoms with Gasteiger partial charge >= 0.3 is 5.91 Å². The molecule has 1 fully saturated rings. The highest BCUT2D eigenvalue weighted by molar-refractivity contribution is 7.89. The topological polar surface area (TPSA) is 71.4 Å². The first kappa shape index (κ1) is 23.7. The maximum Gasteiger partial charge on any atom is 0.320 e. The van der Waals surface area contributed by atoms with Crippen LogP contribution < -0.4 is 0 Å². The van der Waals surface area contributed by atoms with Crippen molar-refractivity contribution in [3.05, 3.63) is 65.7 Å². The Morgan fingerprint density at radius 1 is 1.09 bits per heavy atom. The van der Waals surface area contributed by atoms with E-state index in [2.05, 4.69) is 17.0 Å². The molecule has 4 rings (SSSR count). The van der Waals surface area contributed by atoms with Crippen LogP contribution in [0.1, 0.15) is 50.2 Å². The standard InChI is InChI=1S/C25H33N3O4S/c1-4-22-19-31-25(28(22)24(26-32-25)21-11-7-5-8-12-21)17-9-6-10-18-27(3)33(29,30)23-15-13-20(2)14-16-23/h5,7-8,11-16,22H,4,6,9-10,17-19H2,1-3H3. The number of hydrogen-bond donors (Lipinski definition) is 0. The van der Waals surface area contributed by atoms with Crippen LogP contribution in [0.4, 0.5) is 0 Å². The average molecular weight is 472 g/mol. The van der Waals surface area contributed by atoms with Crippen molar-refractivity contribution >= 4 is 15.9 Å². The molecule has 0 saturated carbocycles. The highest BCUT2D eigenvalue weighted by atomic mass is 32.2. The van der Waals surface area contributed by atoms with Gasteiger partial charge in [-0.1, -0.05) is 66.5 Å². The second-order valence-electron chi connectivity index (χ2n) is 8.78. The van der Waals surface area contributed by atoms with E-state index in [0.29, 0.717) is 24.5 Å². The second-order valence-corrected chi connectivity index (χ2v) is 10.8. The van der Waals surface area contributed by atoms with Crippen molar-refractivity contribution in [1.82, 2.24) is 9.21 Å². The molecule has 0 bridgehead atoms. The largest absolute Gasteiger partial charge is 0.336 e. The third-order valence-electron chi connectivity index (χ3n) is 6.43. The van der Waals surface area contributed by atoms with Gasteiger partial charge in [0.05, 0.1) is 17.5 Å². The number of benzene rings is 2.